The van der Waals surface area contributed by atoms with Gasteiger partial charge in [0.15, 0.2) is 0 Å². The van der Waals surface area contributed by atoms with Gasteiger partial charge in [-0.1, -0.05) is 17.7 Å². The molecule has 0 aliphatic rings. The number of halogens is 5. The minimum atomic E-state index is -4.70. The Labute approximate surface area is 223 Å². The Morgan fingerprint density at radius 2 is 1.79 bits per heavy atom. The van der Waals surface area contributed by atoms with Gasteiger partial charge in [-0.15, -0.1) is 0 Å². The van der Waals surface area contributed by atoms with Gasteiger partial charge < -0.3 is 17.2 Å². The van der Waals surface area contributed by atoms with Gasteiger partial charge in [0.1, 0.15) is 28.9 Å². The fourth-order valence-corrected chi connectivity index (χ4v) is 3.74. The number of nitrogens with two attached hydrogens (primary N) is 3. The first-order chi connectivity index (χ1) is 18.1. The van der Waals surface area contributed by atoms with Crippen molar-refractivity contribution in [3.8, 4) is 11.4 Å². The Morgan fingerprint density at radius 3 is 2.33 bits per heavy atom. The zero-order valence-electron chi connectivity index (χ0n) is 20.4. The molecule has 0 aliphatic carbocycles. The van der Waals surface area contributed by atoms with E-state index in [1.54, 1.807) is 0 Å². The van der Waals surface area contributed by atoms with Crippen molar-refractivity contribution in [3.05, 3.63) is 70.1 Å². The van der Waals surface area contributed by atoms with Crippen LogP contribution in [0.2, 0.25) is 5.02 Å². The highest BCUT2D eigenvalue weighted by molar-refractivity contribution is 6.32. The van der Waals surface area contributed by atoms with Gasteiger partial charge in [-0.3, -0.25) is 24.7 Å². The van der Waals surface area contributed by atoms with E-state index in [1.165, 1.54) is 31.3 Å². The molecular formula is C24H22ClF4N7O3. The highest BCUT2D eigenvalue weighted by Gasteiger charge is 2.40. The van der Waals surface area contributed by atoms with Crippen molar-refractivity contribution in [2.24, 2.45) is 11.5 Å². The zero-order chi connectivity index (χ0) is 29.2. The van der Waals surface area contributed by atoms with E-state index in [1.807, 2.05) is 0 Å². The van der Waals surface area contributed by atoms with Crippen LogP contribution in [0.1, 0.15) is 47.3 Å². The van der Waals surface area contributed by atoms with Crippen molar-refractivity contribution in [2.45, 2.75) is 32.0 Å². The second-order valence-corrected chi connectivity index (χ2v) is 8.82. The Bertz CT molecular complexity index is 1470. The first-order valence-corrected chi connectivity index (χ1v) is 11.5. The number of nitrogens with zero attached hydrogens (tertiary/aromatic N) is 3. The molecule has 7 N–H and O–H groups in total. The summed E-state index contributed by atoms with van der Waals surface area (Å²) in [6.07, 6.45) is -2.56. The minimum absolute atomic E-state index is 0.0251. The lowest BCUT2D eigenvalue weighted by Gasteiger charge is -2.17. The predicted molar refractivity (Wildman–Crippen MR) is 134 cm³/mol. The van der Waals surface area contributed by atoms with E-state index < -0.39 is 53.1 Å². The number of alkyl halides is 3. The number of hydrogen-bond acceptors (Lipinski definition) is 7. The lowest BCUT2D eigenvalue weighted by molar-refractivity contribution is -0.164. The summed E-state index contributed by atoms with van der Waals surface area (Å²) in [5.74, 6) is -4.77. The molecule has 3 aromatic rings. The first-order valence-electron chi connectivity index (χ1n) is 11.1. The fourth-order valence-electron chi connectivity index (χ4n) is 3.46. The molecule has 0 saturated carbocycles. The van der Waals surface area contributed by atoms with Crippen LogP contribution in [0.25, 0.3) is 17.1 Å². The minimum Gasteiger partial charge on any atom is -0.398 e. The van der Waals surface area contributed by atoms with Crippen molar-refractivity contribution < 1.29 is 31.9 Å². The molecule has 10 nitrogen and oxygen atoms in total. The molecule has 206 valence electrons. The number of hydrogen-bond donors (Lipinski definition) is 4. The van der Waals surface area contributed by atoms with Gasteiger partial charge in [-0.05, 0) is 43.7 Å². The van der Waals surface area contributed by atoms with Gasteiger partial charge in [0.2, 0.25) is 5.91 Å². The fraction of sp³-hybridized carbons (Fsp3) is 0.208. The van der Waals surface area contributed by atoms with Crippen LogP contribution >= 0.6 is 11.6 Å². The maximum atomic E-state index is 13.2. The topological polar surface area (TPSA) is 172 Å². The monoisotopic (exact) mass is 567 g/mol. The van der Waals surface area contributed by atoms with Crippen molar-refractivity contribution >= 4 is 40.8 Å². The van der Waals surface area contributed by atoms with E-state index in [4.69, 9.17) is 28.8 Å². The number of nitrogen functional groups attached to an aromatic ring is 1. The number of aromatic nitrogens is 3. The van der Waals surface area contributed by atoms with E-state index in [-0.39, 0.29) is 27.7 Å². The number of imide groups is 1. The summed E-state index contributed by atoms with van der Waals surface area (Å²) in [6.45, 7) is 2.28. The van der Waals surface area contributed by atoms with Gasteiger partial charge in [0.05, 0.1) is 16.6 Å². The van der Waals surface area contributed by atoms with Crippen LogP contribution in [-0.2, 0) is 9.59 Å². The Hall–Kier alpha value is -4.46. The van der Waals surface area contributed by atoms with Crippen LogP contribution < -0.4 is 22.5 Å². The van der Waals surface area contributed by atoms with Gasteiger partial charge in [-0.25, -0.2) is 9.07 Å². The number of carbonyl (C=O) groups excluding carboxylic acids is 3. The summed E-state index contributed by atoms with van der Waals surface area (Å²) < 4.78 is 53.3. The quantitative estimate of drug-likeness (QED) is 0.250. The second kappa shape index (κ2) is 11.1. The summed E-state index contributed by atoms with van der Waals surface area (Å²) in [7, 11) is 0. The summed E-state index contributed by atoms with van der Waals surface area (Å²) >= 11 is 5.92. The normalized spacial score (nSPS) is 13.6. The molecule has 1 aromatic carbocycles. The van der Waals surface area contributed by atoms with E-state index in [0.29, 0.717) is 10.2 Å². The highest BCUT2D eigenvalue weighted by Crippen LogP contribution is 2.35. The van der Waals surface area contributed by atoms with Crippen molar-refractivity contribution in [2.75, 3.05) is 5.73 Å². The molecule has 2 aromatic heterocycles. The largest absolute Gasteiger partial charge is 0.410 e. The van der Waals surface area contributed by atoms with E-state index in [9.17, 15) is 31.9 Å². The molecule has 0 aliphatic heterocycles. The third-order valence-electron chi connectivity index (χ3n) is 5.73. The average Bonchev–Trinajstić information content (AvgIpc) is 3.19. The number of anilines is 1. The lowest BCUT2D eigenvalue weighted by Crippen LogP contribution is -2.33. The lowest BCUT2D eigenvalue weighted by atomic mass is 10.0. The predicted octanol–water partition coefficient (Wildman–Crippen LogP) is 3.29. The molecule has 2 heterocycles. The molecule has 0 fully saturated rings. The standard InChI is InChI=1S/C24H22ClF4N7O3/c1-10(23(39)34-18(37)8-16(30)14-5-4-13(26)7-15(14)25)12-3-6-17(33-9-12)20-19(22(32)38)21(31)36(35-20)11(2)24(27,28)29/h3-11H,30-31H2,1-2H3,(H2,32,38)(H,34,37,39). The van der Waals surface area contributed by atoms with Gasteiger partial charge in [0.25, 0.3) is 11.8 Å². The zero-order valence-corrected chi connectivity index (χ0v) is 21.1. The van der Waals surface area contributed by atoms with Crippen LogP contribution in [0.15, 0.2) is 42.6 Å². The second-order valence-electron chi connectivity index (χ2n) is 8.41. The molecule has 2 unspecified atom stereocenters. The van der Waals surface area contributed by atoms with Crippen molar-refractivity contribution in [1.82, 2.24) is 20.1 Å². The summed E-state index contributed by atoms with van der Waals surface area (Å²) in [5.41, 5.74) is 16.6. The molecule has 0 bridgehead atoms. The molecule has 3 rings (SSSR count). The van der Waals surface area contributed by atoms with Crippen LogP contribution in [0.3, 0.4) is 0 Å². The number of amides is 3. The molecule has 0 saturated heterocycles. The molecule has 0 radical (unpaired) electrons. The van der Waals surface area contributed by atoms with Crippen molar-refractivity contribution in [1.29, 1.82) is 0 Å². The maximum absolute atomic E-state index is 13.2. The molecule has 0 spiro atoms. The Kier molecular flexibility index (Phi) is 8.29. The smallest absolute Gasteiger partial charge is 0.398 e. The summed E-state index contributed by atoms with van der Waals surface area (Å²) in [4.78, 5) is 40.9. The number of carbonyl (C=O) groups is 3. The van der Waals surface area contributed by atoms with E-state index in [2.05, 4.69) is 15.4 Å². The SMILES string of the molecule is CC(C(=O)NC(=O)C=C(N)c1ccc(F)cc1Cl)c1ccc(-c2nn(C(C)C(F)(F)F)c(N)c2C(N)=O)nc1. The molecule has 15 heteroatoms. The number of nitrogens with one attached hydrogen (secondary N) is 1. The number of benzene rings is 1. The third kappa shape index (κ3) is 6.34. The van der Waals surface area contributed by atoms with Crippen LogP contribution in [0.4, 0.5) is 23.4 Å². The van der Waals surface area contributed by atoms with Crippen LogP contribution in [0, 0.1) is 5.82 Å². The van der Waals surface area contributed by atoms with Gasteiger partial charge in [-0.2, -0.15) is 18.3 Å². The third-order valence-corrected chi connectivity index (χ3v) is 6.04. The number of primary amides is 1. The maximum Gasteiger partial charge on any atom is 0.410 e. The van der Waals surface area contributed by atoms with E-state index in [0.717, 1.165) is 25.1 Å². The van der Waals surface area contributed by atoms with Crippen LogP contribution in [-0.4, -0.2) is 38.7 Å². The summed E-state index contributed by atoms with van der Waals surface area (Å²) in [5, 5.41) is 5.93. The van der Waals surface area contributed by atoms with Gasteiger partial charge in [0, 0.05) is 23.5 Å². The van der Waals surface area contributed by atoms with Crippen LogP contribution in [0.5, 0.6) is 0 Å². The number of rotatable bonds is 7. The van der Waals surface area contributed by atoms with Crippen molar-refractivity contribution in [3.63, 3.8) is 0 Å². The molecule has 2 atom stereocenters. The molecule has 39 heavy (non-hydrogen) atoms. The Balaban J connectivity index is 1.80. The average molecular weight is 568 g/mol. The first kappa shape index (κ1) is 29.1. The molecular weight excluding hydrogens is 546 g/mol. The molecule has 3 amide bonds. The Morgan fingerprint density at radius 1 is 1.13 bits per heavy atom. The van der Waals surface area contributed by atoms with E-state index >= 15 is 0 Å². The van der Waals surface area contributed by atoms with Gasteiger partial charge >= 0.3 is 6.18 Å². The highest BCUT2D eigenvalue weighted by atomic mass is 35.5. The number of pyridine rings is 1. The summed E-state index contributed by atoms with van der Waals surface area (Å²) in [6, 6.07) is 3.97.